The fourth-order valence-corrected chi connectivity index (χ4v) is 2.22. The number of nitrogens with zero attached hydrogens (tertiary/aromatic N) is 2. The summed E-state index contributed by atoms with van der Waals surface area (Å²) in [7, 11) is 0. The van der Waals surface area contributed by atoms with E-state index in [4.69, 9.17) is 5.11 Å². The largest absolute Gasteiger partial charge is 0.507 e. The van der Waals surface area contributed by atoms with Gasteiger partial charge in [0.2, 0.25) is 0 Å². The molecular formula is C16H12N2O3. The highest BCUT2D eigenvalue weighted by atomic mass is 16.4. The molecule has 2 N–H and O–H groups in total. The van der Waals surface area contributed by atoms with Crippen molar-refractivity contribution in [1.82, 2.24) is 9.97 Å². The van der Waals surface area contributed by atoms with Gasteiger partial charge in [0.1, 0.15) is 11.3 Å². The second-order valence-corrected chi connectivity index (χ2v) is 4.69. The van der Waals surface area contributed by atoms with Crippen molar-refractivity contribution in [3.63, 3.8) is 0 Å². The molecule has 5 heteroatoms. The van der Waals surface area contributed by atoms with Gasteiger partial charge in [0.05, 0.1) is 22.4 Å². The highest BCUT2D eigenvalue weighted by molar-refractivity contribution is 5.96. The zero-order valence-corrected chi connectivity index (χ0v) is 11.2. The van der Waals surface area contributed by atoms with Crippen LogP contribution in [0.2, 0.25) is 0 Å². The molecule has 0 amide bonds. The number of aromatic carboxylic acids is 1. The Morgan fingerprint density at radius 2 is 1.71 bits per heavy atom. The maximum atomic E-state index is 11.1. The first-order valence-corrected chi connectivity index (χ1v) is 6.36. The number of carbonyl (C=O) groups is 1. The molecule has 3 rings (SSSR count). The van der Waals surface area contributed by atoms with Gasteiger partial charge >= 0.3 is 5.97 Å². The summed E-state index contributed by atoms with van der Waals surface area (Å²) in [4.78, 5) is 20.0. The normalized spacial score (nSPS) is 10.7. The lowest BCUT2D eigenvalue weighted by molar-refractivity contribution is 0.0694. The van der Waals surface area contributed by atoms with E-state index in [0.717, 1.165) is 11.3 Å². The third-order valence-corrected chi connectivity index (χ3v) is 3.23. The van der Waals surface area contributed by atoms with E-state index in [2.05, 4.69) is 9.97 Å². The molecule has 0 atom stereocenters. The third-order valence-electron chi connectivity index (χ3n) is 3.23. The predicted molar refractivity (Wildman–Crippen MR) is 78.3 cm³/mol. The molecule has 0 saturated heterocycles. The van der Waals surface area contributed by atoms with Crippen LogP contribution >= 0.6 is 0 Å². The Hall–Kier alpha value is -2.95. The molecule has 0 aliphatic carbocycles. The van der Waals surface area contributed by atoms with Gasteiger partial charge in [-0.15, -0.1) is 0 Å². The van der Waals surface area contributed by atoms with Crippen molar-refractivity contribution >= 4 is 17.0 Å². The van der Waals surface area contributed by atoms with E-state index >= 15 is 0 Å². The van der Waals surface area contributed by atoms with Gasteiger partial charge in [0.15, 0.2) is 0 Å². The monoisotopic (exact) mass is 280 g/mol. The van der Waals surface area contributed by atoms with Crippen LogP contribution in [0.25, 0.3) is 22.3 Å². The number of carboxylic acids is 1. The number of aromatic nitrogens is 2. The fourth-order valence-electron chi connectivity index (χ4n) is 2.22. The van der Waals surface area contributed by atoms with E-state index < -0.39 is 5.97 Å². The Morgan fingerprint density at radius 3 is 2.38 bits per heavy atom. The molecule has 1 heterocycles. The Balaban J connectivity index is 2.27. The molecule has 5 nitrogen and oxygen atoms in total. The minimum absolute atomic E-state index is 0.181. The van der Waals surface area contributed by atoms with Crippen LogP contribution in [0.1, 0.15) is 16.1 Å². The van der Waals surface area contributed by atoms with Crippen LogP contribution in [-0.4, -0.2) is 26.2 Å². The zero-order chi connectivity index (χ0) is 15.0. The summed E-state index contributed by atoms with van der Waals surface area (Å²) in [5.41, 5.74) is 3.06. The predicted octanol–water partition coefficient (Wildman–Crippen LogP) is 3.01. The van der Waals surface area contributed by atoms with E-state index in [1.165, 1.54) is 12.1 Å². The Kier molecular flexibility index (Phi) is 3.02. The number of rotatable bonds is 2. The third kappa shape index (κ3) is 2.29. The fraction of sp³-hybridized carbons (Fsp3) is 0.0625. The number of fused-ring (bicyclic) bond motifs is 1. The van der Waals surface area contributed by atoms with Crippen molar-refractivity contribution in [2.45, 2.75) is 6.92 Å². The standard InChI is InChI=1S/C16H12N2O3/c1-9-15(10-5-3-2-4-6-10)18-12-7-11(16(20)21)14(19)8-13(12)17-9/h2-8,19H,1H3,(H,20,21). The van der Waals surface area contributed by atoms with Gasteiger partial charge in [-0.25, -0.2) is 14.8 Å². The summed E-state index contributed by atoms with van der Waals surface area (Å²) in [6.45, 7) is 1.83. The number of benzene rings is 2. The topological polar surface area (TPSA) is 83.3 Å². The molecule has 21 heavy (non-hydrogen) atoms. The molecule has 0 aliphatic heterocycles. The van der Waals surface area contributed by atoms with Crippen molar-refractivity contribution in [3.8, 4) is 17.0 Å². The molecule has 0 fully saturated rings. The Labute approximate surface area is 120 Å². The molecule has 3 aromatic rings. The highest BCUT2D eigenvalue weighted by Gasteiger charge is 2.14. The first-order chi connectivity index (χ1) is 10.1. The maximum Gasteiger partial charge on any atom is 0.339 e. The van der Waals surface area contributed by atoms with E-state index in [-0.39, 0.29) is 11.3 Å². The first kappa shape index (κ1) is 13.1. The number of hydrogen-bond donors (Lipinski definition) is 2. The van der Waals surface area contributed by atoms with Crippen LogP contribution in [-0.2, 0) is 0 Å². The molecule has 0 unspecified atom stereocenters. The van der Waals surface area contributed by atoms with Crippen molar-refractivity contribution in [2.24, 2.45) is 0 Å². The maximum absolute atomic E-state index is 11.1. The second kappa shape index (κ2) is 4.86. The summed E-state index contributed by atoms with van der Waals surface area (Å²) in [5.74, 6) is -1.51. The lowest BCUT2D eigenvalue weighted by Crippen LogP contribution is -2.00. The Morgan fingerprint density at radius 1 is 1.05 bits per heavy atom. The van der Waals surface area contributed by atoms with Crippen molar-refractivity contribution in [3.05, 3.63) is 53.7 Å². The number of aryl methyl sites for hydroxylation is 1. The molecule has 1 aromatic heterocycles. The van der Waals surface area contributed by atoms with Crippen molar-refractivity contribution in [1.29, 1.82) is 0 Å². The smallest absolute Gasteiger partial charge is 0.339 e. The molecule has 104 valence electrons. The van der Waals surface area contributed by atoms with Gasteiger partial charge < -0.3 is 10.2 Å². The Bertz CT molecular complexity index is 845. The van der Waals surface area contributed by atoms with E-state index in [1.807, 2.05) is 37.3 Å². The molecular weight excluding hydrogens is 268 g/mol. The number of phenols is 1. The summed E-state index contributed by atoms with van der Waals surface area (Å²) in [6, 6.07) is 12.2. The summed E-state index contributed by atoms with van der Waals surface area (Å²) in [6.07, 6.45) is 0. The minimum Gasteiger partial charge on any atom is -0.507 e. The van der Waals surface area contributed by atoms with E-state index in [1.54, 1.807) is 0 Å². The van der Waals surface area contributed by atoms with Crippen LogP contribution < -0.4 is 0 Å². The number of aromatic hydroxyl groups is 1. The van der Waals surface area contributed by atoms with Crippen LogP contribution in [0.5, 0.6) is 5.75 Å². The van der Waals surface area contributed by atoms with Gasteiger partial charge in [-0.2, -0.15) is 0 Å². The van der Waals surface area contributed by atoms with Crippen LogP contribution in [0.15, 0.2) is 42.5 Å². The van der Waals surface area contributed by atoms with Crippen molar-refractivity contribution < 1.29 is 15.0 Å². The summed E-state index contributed by atoms with van der Waals surface area (Å²) < 4.78 is 0. The van der Waals surface area contributed by atoms with Gasteiger partial charge in [-0.3, -0.25) is 0 Å². The number of hydrogen-bond acceptors (Lipinski definition) is 4. The molecule has 0 radical (unpaired) electrons. The zero-order valence-electron chi connectivity index (χ0n) is 11.2. The van der Waals surface area contributed by atoms with Crippen LogP contribution in [0, 0.1) is 6.92 Å². The van der Waals surface area contributed by atoms with Gasteiger partial charge in [-0.1, -0.05) is 30.3 Å². The lowest BCUT2D eigenvalue weighted by Gasteiger charge is -2.08. The molecule has 2 aromatic carbocycles. The van der Waals surface area contributed by atoms with Crippen LogP contribution in [0.4, 0.5) is 0 Å². The minimum atomic E-state index is -1.20. The quantitative estimate of drug-likeness (QED) is 0.754. The van der Waals surface area contributed by atoms with E-state index in [0.29, 0.717) is 16.7 Å². The van der Waals surface area contributed by atoms with E-state index in [9.17, 15) is 9.90 Å². The molecule has 0 spiro atoms. The number of carboxylic acid groups (broad SMARTS) is 1. The van der Waals surface area contributed by atoms with Gasteiger partial charge in [-0.05, 0) is 13.0 Å². The highest BCUT2D eigenvalue weighted by Crippen LogP contribution is 2.27. The first-order valence-electron chi connectivity index (χ1n) is 6.36. The average molecular weight is 280 g/mol. The summed E-state index contributed by atoms with van der Waals surface area (Å²) in [5, 5.41) is 18.8. The van der Waals surface area contributed by atoms with Gasteiger partial charge in [0, 0.05) is 11.6 Å². The molecule has 0 aliphatic rings. The van der Waals surface area contributed by atoms with Gasteiger partial charge in [0.25, 0.3) is 0 Å². The SMILES string of the molecule is Cc1nc2cc(O)c(C(=O)O)cc2nc1-c1ccccc1. The lowest BCUT2D eigenvalue weighted by atomic mass is 10.1. The van der Waals surface area contributed by atoms with Crippen molar-refractivity contribution in [2.75, 3.05) is 0 Å². The molecule has 0 saturated carbocycles. The van der Waals surface area contributed by atoms with Crippen LogP contribution in [0.3, 0.4) is 0 Å². The average Bonchev–Trinajstić information content (AvgIpc) is 2.46. The second-order valence-electron chi connectivity index (χ2n) is 4.69. The summed E-state index contributed by atoms with van der Waals surface area (Å²) >= 11 is 0. The molecule has 0 bridgehead atoms.